The molecule has 0 N–H and O–H groups in total. The number of nitrogens with zero attached hydrogens (tertiary/aromatic N) is 1. The third-order valence-corrected chi connectivity index (χ3v) is 4.64. The molecule has 0 aliphatic carbocycles. The maximum absolute atomic E-state index is 12.6. The summed E-state index contributed by atoms with van der Waals surface area (Å²) < 4.78 is 16.1. The second-order valence-electron chi connectivity index (χ2n) is 6.40. The summed E-state index contributed by atoms with van der Waals surface area (Å²) >= 11 is 0. The van der Waals surface area contributed by atoms with Crippen molar-refractivity contribution in [3.8, 4) is 22.6 Å². The van der Waals surface area contributed by atoms with Crippen LogP contribution in [-0.2, 0) is 0 Å². The summed E-state index contributed by atoms with van der Waals surface area (Å²) in [5, 5.41) is 0.690. The molecule has 2 aromatic carbocycles. The molecule has 0 spiro atoms. The lowest BCUT2D eigenvalue weighted by Crippen LogP contribution is -2.09. The molecule has 2 heterocycles. The number of carbonyl (C=O) groups is 1. The number of rotatable bonds is 4. The van der Waals surface area contributed by atoms with Gasteiger partial charge in [-0.15, -0.1) is 0 Å². The third-order valence-electron chi connectivity index (χ3n) is 4.64. The fourth-order valence-electron chi connectivity index (χ4n) is 3.14. The summed E-state index contributed by atoms with van der Waals surface area (Å²) in [7, 11) is 1.58. The van der Waals surface area contributed by atoms with Gasteiger partial charge in [-0.2, -0.15) is 0 Å². The van der Waals surface area contributed by atoms with Gasteiger partial charge in [0.25, 0.3) is 0 Å². The van der Waals surface area contributed by atoms with Gasteiger partial charge in [0.05, 0.1) is 18.2 Å². The van der Waals surface area contributed by atoms with E-state index in [1.165, 1.54) is 12.4 Å². The number of carbonyl (C=O) groups excluding carboxylic acids is 1. The van der Waals surface area contributed by atoms with Crippen molar-refractivity contribution in [3.05, 3.63) is 88.5 Å². The van der Waals surface area contributed by atoms with Crippen molar-refractivity contribution in [2.75, 3.05) is 7.11 Å². The summed E-state index contributed by atoms with van der Waals surface area (Å²) in [6, 6.07) is 15.2. The summed E-state index contributed by atoms with van der Waals surface area (Å²) in [5.41, 5.74) is 2.31. The monoisotopic (exact) mass is 387 g/mol. The quantitative estimate of drug-likeness (QED) is 0.294. The van der Waals surface area contributed by atoms with Gasteiger partial charge in [0.2, 0.25) is 0 Å². The zero-order valence-corrected chi connectivity index (χ0v) is 15.8. The lowest BCUT2D eigenvalue weighted by molar-refractivity contribution is 0.0735. The number of aryl methyl sites for hydroxylation is 1. The molecule has 0 saturated heterocycles. The van der Waals surface area contributed by atoms with Gasteiger partial charge >= 0.3 is 11.6 Å². The van der Waals surface area contributed by atoms with Crippen molar-refractivity contribution < 1.29 is 18.7 Å². The van der Waals surface area contributed by atoms with Crippen molar-refractivity contribution in [2.24, 2.45) is 0 Å². The van der Waals surface area contributed by atoms with Crippen LogP contribution < -0.4 is 15.1 Å². The molecule has 0 bridgehead atoms. The first kappa shape index (κ1) is 18.4. The van der Waals surface area contributed by atoms with E-state index in [1.807, 2.05) is 6.92 Å². The number of hydrogen-bond donors (Lipinski definition) is 0. The van der Waals surface area contributed by atoms with E-state index in [0.717, 1.165) is 11.1 Å². The van der Waals surface area contributed by atoms with Gasteiger partial charge in [-0.1, -0.05) is 12.1 Å². The molecule has 6 nitrogen and oxygen atoms in total. The minimum atomic E-state index is -0.489. The molecule has 0 unspecified atom stereocenters. The average Bonchev–Trinajstić information content (AvgIpc) is 2.75. The normalized spacial score (nSPS) is 10.7. The molecule has 0 radical (unpaired) electrons. The Labute approximate surface area is 166 Å². The number of esters is 1. The van der Waals surface area contributed by atoms with Gasteiger partial charge in [-0.25, -0.2) is 9.59 Å². The first-order valence-electron chi connectivity index (χ1n) is 8.91. The van der Waals surface area contributed by atoms with Crippen LogP contribution in [0.2, 0.25) is 0 Å². The molecule has 0 atom stereocenters. The molecule has 0 saturated carbocycles. The van der Waals surface area contributed by atoms with Crippen LogP contribution in [0.4, 0.5) is 0 Å². The minimum absolute atomic E-state index is 0.358. The van der Waals surface area contributed by atoms with Crippen LogP contribution in [0.5, 0.6) is 11.5 Å². The lowest BCUT2D eigenvalue weighted by Gasteiger charge is -2.10. The van der Waals surface area contributed by atoms with E-state index < -0.39 is 11.6 Å². The van der Waals surface area contributed by atoms with Crippen LogP contribution in [0.15, 0.2) is 76.2 Å². The predicted molar refractivity (Wildman–Crippen MR) is 108 cm³/mol. The summed E-state index contributed by atoms with van der Waals surface area (Å²) in [6.45, 7) is 1.84. The zero-order valence-electron chi connectivity index (χ0n) is 15.8. The molecule has 0 aliphatic heterocycles. The van der Waals surface area contributed by atoms with Crippen molar-refractivity contribution in [1.29, 1.82) is 0 Å². The van der Waals surface area contributed by atoms with Gasteiger partial charge in [0.1, 0.15) is 17.1 Å². The van der Waals surface area contributed by atoms with Crippen molar-refractivity contribution >= 4 is 16.9 Å². The van der Waals surface area contributed by atoms with Crippen LogP contribution >= 0.6 is 0 Å². The molecule has 29 heavy (non-hydrogen) atoms. The van der Waals surface area contributed by atoms with E-state index in [-0.39, 0.29) is 0 Å². The Morgan fingerprint density at radius 3 is 2.34 bits per heavy atom. The van der Waals surface area contributed by atoms with Crippen molar-refractivity contribution in [1.82, 2.24) is 4.98 Å². The Morgan fingerprint density at radius 2 is 1.66 bits per heavy atom. The Bertz CT molecular complexity index is 1240. The largest absolute Gasteiger partial charge is 0.497 e. The van der Waals surface area contributed by atoms with E-state index in [0.29, 0.717) is 33.6 Å². The second-order valence-corrected chi connectivity index (χ2v) is 6.40. The Hall–Kier alpha value is -3.93. The van der Waals surface area contributed by atoms with Crippen molar-refractivity contribution in [3.63, 3.8) is 0 Å². The number of benzene rings is 2. The molecule has 0 fully saturated rings. The van der Waals surface area contributed by atoms with Crippen LogP contribution in [0.25, 0.3) is 22.1 Å². The summed E-state index contributed by atoms with van der Waals surface area (Å²) in [4.78, 5) is 28.8. The number of aromatic nitrogens is 1. The molecule has 0 aliphatic rings. The van der Waals surface area contributed by atoms with Gasteiger partial charge in [0.15, 0.2) is 0 Å². The SMILES string of the molecule is COc1ccc(-c2c(C)c3cc(OC(=O)c4ccncc4)ccc3oc2=O)cc1. The Kier molecular flexibility index (Phi) is 4.83. The highest BCUT2D eigenvalue weighted by Crippen LogP contribution is 2.30. The summed E-state index contributed by atoms with van der Waals surface area (Å²) in [5.74, 6) is 0.566. The maximum Gasteiger partial charge on any atom is 0.344 e. The number of fused-ring (bicyclic) bond motifs is 1. The standard InChI is InChI=1S/C23H17NO5/c1-14-19-13-18(28-22(25)16-9-11-24-12-10-16)7-8-20(19)29-23(26)21(14)15-3-5-17(27-2)6-4-15/h3-13H,1-2H3. The smallest absolute Gasteiger partial charge is 0.344 e. The van der Waals surface area contributed by atoms with E-state index in [2.05, 4.69) is 4.98 Å². The van der Waals surface area contributed by atoms with Gasteiger partial charge in [0, 0.05) is 17.8 Å². The number of ether oxygens (including phenoxy) is 2. The highest BCUT2D eigenvalue weighted by atomic mass is 16.5. The third kappa shape index (κ3) is 3.60. The molecule has 6 heteroatoms. The molecule has 2 aromatic heterocycles. The zero-order chi connectivity index (χ0) is 20.4. The molecular weight excluding hydrogens is 370 g/mol. The number of hydrogen-bond acceptors (Lipinski definition) is 6. The van der Waals surface area contributed by atoms with E-state index in [9.17, 15) is 9.59 Å². The van der Waals surface area contributed by atoms with Crippen LogP contribution in [-0.4, -0.2) is 18.1 Å². The maximum atomic E-state index is 12.6. The highest BCUT2D eigenvalue weighted by molar-refractivity contribution is 5.92. The van der Waals surface area contributed by atoms with Gasteiger partial charge < -0.3 is 13.9 Å². The van der Waals surface area contributed by atoms with Crippen LogP contribution in [0.1, 0.15) is 15.9 Å². The Morgan fingerprint density at radius 1 is 0.966 bits per heavy atom. The first-order valence-corrected chi connectivity index (χ1v) is 8.91. The first-order chi connectivity index (χ1) is 14.1. The minimum Gasteiger partial charge on any atom is -0.497 e. The van der Waals surface area contributed by atoms with Crippen molar-refractivity contribution in [2.45, 2.75) is 6.92 Å². The topological polar surface area (TPSA) is 78.6 Å². The van der Waals surface area contributed by atoms with Crippen LogP contribution in [0, 0.1) is 6.92 Å². The summed E-state index contributed by atoms with van der Waals surface area (Å²) in [6.07, 6.45) is 3.05. The predicted octanol–water partition coefficient (Wildman–Crippen LogP) is 4.39. The van der Waals surface area contributed by atoms with Gasteiger partial charge in [-0.3, -0.25) is 4.98 Å². The molecule has 144 valence electrons. The number of pyridine rings is 1. The van der Waals surface area contributed by atoms with Gasteiger partial charge in [-0.05, 0) is 60.5 Å². The van der Waals surface area contributed by atoms with Crippen LogP contribution in [0.3, 0.4) is 0 Å². The molecular formula is C23H17NO5. The fraction of sp³-hybridized carbons (Fsp3) is 0.0870. The van der Waals surface area contributed by atoms with E-state index in [4.69, 9.17) is 13.9 Å². The molecule has 0 amide bonds. The highest BCUT2D eigenvalue weighted by Gasteiger charge is 2.15. The average molecular weight is 387 g/mol. The molecule has 4 rings (SSSR count). The van der Waals surface area contributed by atoms with E-state index >= 15 is 0 Å². The lowest BCUT2D eigenvalue weighted by atomic mass is 9.99. The second kappa shape index (κ2) is 7.59. The molecule has 4 aromatic rings. The Balaban J connectivity index is 1.75. The number of methoxy groups -OCH3 is 1. The van der Waals surface area contributed by atoms with E-state index in [1.54, 1.807) is 61.7 Å². The fourth-order valence-corrected chi connectivity index (χ4v) is 3.14.